The van der Waals surface area contributed by atoms with Gasteiger partial charge in [-0.15, -0.1) is 0 Å². The highest BCUT2D eigenvalue weighted by atomic mass is 32.2. The smallest absolute Gasteiger partial charge is 0.323 e. The summed E-state index contributed by atoms with van der Waals surface area (Å²) in [6, 6.07) is -0.461. The van der Waals surface area contributed by atoms with E-state index >= 15 is 0 Å². The number of rotatable bonds is 5. The molecule has 7 heteroatoms. The van der Waals surface area contributed by atoms with Crippen LogP contribution in [0.4, 0.5) is 0 Å². The third kappa shape index (κ3) is 3.44. The number of carboxylic acids is 1. The lowest BCUT2D eigenvalue weighted by atomic mass is 10.2. The maximum Gasteiger partial charge on any atom is 0.323 e. The fourth-order valence-electron chi connectivity index (χ4n) is 2.27. The number of amides is 1. The maximum atomic E-state index is 12.0. The Morgan fingerprint density at radius 1 is 1.22 bits per heavy atom. The first-order valence-electron chi connectivity index (χ1n) is 6.09. The lowest BCUT2D eigenvalue weighted by Gasteiger charge is -2.26. The van der Waals surface area contributed by atoms with E-state index in [1.807, 2.05) is 0 Å². The summed E-state index contributed by atoms with van der Waals surface area (Å²) < 4.78 is 22.8. The Morgan fingerprint density at radius 3 is 2.33 bits per heavy atom. The number of hydrogen-bond donors (Lipinski definition) is 1. The molecule has 0 bridgehead atoms. The lowest BCUT2D eigenvalue weighted by Crippen LogP contribution is -2.44. The van der Waals surface area contributed by atoms with Gasteiger partial charge in [-0.3, -0.25) is 9.59 Å². The van der Waals surface area contributed by atoms with Crippen LogP contribution in [0.5, 0.6) is 0 Å². The summed E-state index contributed by atoms with van der Waals surface area (Å²) in [5.74, 6) is -1.00. The minimum absolute atomic E-state index is 0.0461. The number of carbonyl (C=O) groups is 2. The Hall–Kier alpha value is -1.11. The number of carbonyl (C=O) groups excluding carboxylic acids is 1. The molecule has 1 aliphatic heterocycles. The summed E-state index contributed by atoms with van der Waals surface area (Å²) in [4.78, 5) is 24.0. The zero-order chi connectivity index (χ0) is 13.3. The van der Waals surface area contributed by atoms with Crippen molar-refractivity contribution in [2.24, 2.45) is 5.92 Å². The molecule has 6 nitrogen and oxygen atoms in total. The van der Waals surface area contributed by atoms with Crippen LogP contribution in [0.15, 0.2) is 0 Å². The van der Waals surface area contributed by atoms with Crippen LogP contribution in [-0.4, -0.2) is 54.4 Å². The van der Waals surface area contributed by atoms with Crippen LogP contribution >= 0.6 is 0 Å². The quantitative estimate of drug-likeness (QED) is 0.755. The van der Waals surface area contributed by atoms with Gasteiger partial charge in [-0.2, -0.15) is 0 Å². The first-order valence-corrected chi connectivity index (χ1v) is 7.91. The molecular weight excluding hydrogens is 258 g/mol. The molecule has 18 heavy (non-hydrogen) atoms. The summed E-state index contributed by atoms with van der Waals surface area (Å²) in [5.41, 5.74) is 0. The molecule has 102 valence electrons. The van der Waals surface area contributed by atoms with Crippen molar-refractivity contribution in [1.82, 2.24) is 4.90 Å². The molecule has 1 saturated carbocycles. The monoisotopic (exact) mass is 275 g/mol. The number of carboxylic acid groups (broad SMARTS) is 1. The van der Waals surface area contributed by atoms with E-state index in [0.717, 1.165) is 12.8 Å². The molecule has 1 amide bonds. The summed E-state index contributed by atoms with van der Waals surface area (Å²) in [7, 11) is -3.11. The zero-order valence-electron chi connectivity index (χ0n) is 10.0. The summed E-state index contributed by atoms with van der Waals surface area (Å²) in [6.45, 7) is -0.397. The van der Waals surface area contributed by atoms with Gasteiger partial charge in [-0.25, -0.2) is 8.42 Å². The topological polar surface area (TPSA) is 91.8 Å². The predicted octanol–water partition coefficient (Wildman–Crippen LogP) is -0.113. The number of sulfone groups is 1. The predicted molar refractivity (Wildman–Crippen MR) is 63.7 cm³/mol. The van der Waals surface area contributed by atoms with Crippen LogP contribution in [0.3, 0.4) is 0 Å². The first-order chi connectivity index (χ1) is 8.37. The molecule has 1 aliphatic carbocycles. The van der Waals surface area contributed by atoms with Crippen LogP contribution in [0.1, 0.15) is 25.7 Å². The van der Waals surface area contributed by atoms with E-state index in [-0.39, 0.29) is 17.4 Å². The molecule has 0 aromatic rings. The molecule has 0 aromatic carbocycles. The number of nitrogens with zero attached hydrogens (tertiary/aromatic N) is 1. The highest BCUT2D eigenvalue weighted by Crippen LogP contribution is 2.33. The van der Waals surface area contributed by atoms with Crippen LogP contribution in [0.2, 0.25) is 0 Å². The fourth-order valence-corrected chi connectivity index (χ4v) is 4.00. The molecule has 1 saturated heterocycles. The molecule has 2 fully saturated rings. The van der Waals surface area contributed by atoms with Gasteiger partial charge in [-0.1, -0.05) is 0 Å². The molecule has 2 rings (SSSR count). The Labute approximate surface area is 106 Å². The Kier molecular flexibility index (Phi) is 3.61. The van der Waals surface area contributed by atoms with Crippen LogP contribution in [0.25, 0.3) is 0 Å². The second kappa shape index (κ2) is 4.87. The van der Waals surface area contributed by atoms with E-state index < -0.39 is 28.4 Å². The SMILES string of the molecule is O=C(O)CN(C(=O)CC1CC1)C1CCS(=O)(=O)C1. The van der Waals surface area contributed by atoms with Gasteiger partial charge in [0.1, 0.15) is 6.54 Å². The fraction of sp³-hybridized carbons (Fsp3) is 0.818. The van der Waals surface area contributed by atoms with Crippen molar-refractivity contribution in [2.45, 2.75) is 31.7 Å². The van der Waals surface area contributed by atoms with Crippen molar-refractivity contribution in [1.29, 1.82) is 0 Å². The molecule has 1 unspecified atom stereocenters. The Morgan fingerprint density at radius 2 is 1.89 bits per heavy atom. The third-order valence-electron chi connectivity index (χ3n) is 3.44. The standard InChI is InChI=1S/C11H17NO5S/c13-10(5-8-1-2-8)12(6-11(14)15)9-3-4-18(16,17)7-9/h8-9H,1-7H2,(H,14,15). The van der Waals surface area contributed by atoms with Gasteiger partial charge < -0.3 is 10.0 Å². The largest absolute Gasteiger partial charge is 0.480 e. The average Bonchev–Trinajstić information content (AvgIpc) is 2.98. The van der Waals surface area contributed by atoms with Gasteiger partial charge in [0.2, 0.25) is 5.91 Å². The van der Waals surface area contributed by atoms with E-state index in [1.54, 1.807) is 0 Å². The van der Waals surface area contributed by atoms with Crippen molar-refractivity contribution in [2.75, 3.05) is 18.1 Å². The summed E-state index contributed by atoms with van der Waals surface area (Å²) in [6.07, 6.45) is 2.72. The van der Waals surface area contributed by atoms with Gasteiger partial charge in [0.25, 0.3) is 0 Å². The van der Waals surface area contributed by atoms with E-state index in [2.05, 4.69) is 0 Å². The van der Waals surface area contributed by atoms with Crippen molar-refractivity contribution in [3.63, 3.8) is 0 Å². The van der Waals surface area contributed by atoms with Crippen LogP contribution in [0, 0.1) is 5.92 Å². The zero-order valence-corrected chi connectivity index (χ0v) is 10.9. The van der Waals surface area contributed by atoms with E-state index in [0.29, 0.717) is 18.8 Å². The minimum Gasteiger partial charge on any atom is -0.480 e. The van der Waals surface area contributed by atoms with Gasteiger partial charge in [-0.05, 0) is 25.2 Å². The molecule has 0 radical (unpaired) electrons. The molecule has 1 N–H and O–H groups in total. The highest BCUT2D eigenvalue weighted by molar-refractivity contribution is 7.91. The number of aliphatic carboxylic acids is 1. The van der Waals surface area contributed by atoms with Crippen molar-refractivity contribution in [3.8, 4) is 0 Å². The Balaban J connectivity index is 2.04. The third-order valence-corrected chi connectivity index (χ3v) is 5.19. The lowest BCUT2D eigenvalue weighted by molar-refractivity contribution is -0.146. The average molecular weight is 275 g/mol. The van der Waals surface area contributed by atoms with Crippen molar-refractivity contribution in [3.05, 3.63) is 0 Å². The summed E-state index contributed by atoms with van der Waals surface area (Å²) >= 11 is 0. The van der Waals surface area contributed by atoms with Gasteiger partial charge in [0, 0.05) is 12.5 Å². The second-order valence-electron chi connectivity index (χ2n) is 5.12. The normalized spacial score (nSPS) is 25.9. The van der Waals surface area contributed by atoms with E-state index in [1.165, 1.54) is 4.90 Å². The van der Waals surface area contributed by atoms with Crippen molar-refractivity contribution >= 4 is 21.7 Å². The van der Waals surface area contributed by atoms with Gasteiger partial charge in [0.05, 0.1) is 11.5 Å². The molecule has 0 aromatic heterocycles. The van der Waals surface area contributed by atoms with Gasteiger partial charge >= 0.3 is 5.97 Å². The van der Waals surface area contributed by atoms with Crippen LogP contribution < -0.4 is 0 Å². The molecular formula is C11H17NO5S. The molecule has 1 heterocycles. The Bertz CT molecular complexity index is 454. The highest BCUT2D eigenvalue weighted by Gasteiger charge is 2.37. The minimum atomic E-state index is -3.11. The van der Waals surface area contributed by atoms with E-state index in [9.17, 15) is 18.0 Å². The molecule has 2 aliphatic rings. The molecule has 0 spiro atoms. The van der Waals surface area contributed by atoms with E-state index in [4.69, 9.17) is 5.11 Å². The van der Waals surface area contributed by atoms with Crippen LogP contribution in [-0.2, 0) is 19.4 Å². The summed E-state index contributed by atoms with van der Waals surface area (Å²) in [5, 5.41) is 8.83. The van der Waals surface area contributed by atoms with Crippen molar-refractivity contribution < 1.29 is 23.1 Å². The van der Waals surface area contributed by atoms with Gasteiger partial charge in [0.15, 0.2) is 9.84 Å². The maximum absolute atomic E-state index is 12.0. The first kappa shape index (κ1) is 13.3. The second-order valence-corrected chi connectivity index (χ2v) is 7.35. The number of hydrogen-bond acceptors (Lipinski definition) is 4. The molecule has 1 atom stereocenters.